The molecule has 0 amide bonds. The van der Waals surface area contributed by atoms with E-state index in [4.69, 9.17) is 9.97 Å². The quantitative estimate of drug-likeness (QED) is 0.165. The second-order valence-electron chi connectivity index (χ2n) is 13.3. The number of rotatable bonds is 10. The molecule has 0 atom stereocenters. The van der Waals surface area contributed by atoms with Gasteiger partial charge in [0.2, 0.25) is 0 Å². The van der Waals surface area contributed by atoms with Gasteiger partial charge >= 0.3 is 6.18 Å². The molecule has 2 saturated carbocycles. The van der Waals surface area contributed by atoms with Gasteiger partial charge < -0.3 is 15.2 Å². The zero-order valence-electron chi connectivity index (χ0n) is 26.9. The molecule has 13 heteroatoms. The van der Waals surface area contributed by atoms with Gasteiger partial charge in [-0.15, -0.1) is 10.2 Å². The third-order valence-corrected chi connectivity index (χ3v) is 9.49. The Morgan fingerprint density at radius 2 is 1.81 bits per heavy atom. The van der Waals surface area contributed by atoms with E-state index in [2.05, 4.69) is 38.9 Å². The summed E-state index contributed by atoms with van der Waals surface area (Å²) in [5.41, 5.74) is 3.69. The molecule has 1 aromatic carbocycles. The summed E-state index contributed by atoms with van der Waals surface area (Å²) in [6.07, 6.45) is 5.88. The maximum absolute atomic E-state index is 14.0. The smallest absolute Gasteiger partial charge is 0.364 e. The highest BCUT2D eigenvalue weighted by atomic mass is 19.4. The van der Waals surface area contributed by atoms with E-state index in [-0.39, 0.29) is 12.0 Å². The van der Waals surface area contributed by atoms with Crippen LogP contribution in [0, 0.1) is 18.3 Å². The summed E-state index contributed by atoms with van der Waals surface area (Å²) in [7, 11) is 1.74. The number of hydrogen-bond donors (Lipinski definition) is 2. The molecule has 2 aliphatic carbocycles. The van der Waals surface area contributed by atoms with E-state index in [1.807, 2.05) is 25.3 Å². The SMILES string of the molecule is Cc1ccc(CNC2(C)CCC2)nc1-c1cnn(-c2cc(-c3cc(C(F)(F)F)ccc3-c3nncn3C)cc(NC3(CC#N)CC3)n2)c1. The Balaban J connectivity index is 1.31. The Morgan fingerprint density at radius 3 is 2.48 bits per heavy atom. The largest absolute Gasteiger partial charge is 0.416 e. The van der Waals surface area contributed by atoms with E-state index in [0.29, 0.717) is 40.7 Å². The average Bonchev–Trinajstić information content (AvgIpc) is 3.40. The van der Waals surface area contributed by atoms with E-state index >= 15 is 0 Å². The number of aryl methyl sites for hydroxylation is 2. The van der Waals surface area contributed by atoms with Gasteiger partial charge in [0, 0.05) is 36.5 Å². The summed E-state index contributed by atoms with van der Waals surface area (Å²) in [4.78, 5) is 9.78. The van der Waals surface area contributed by atoms with Crippen LogP contribution in [-0.2, 0) is 19.8 Å². The van der Waals surface area contributed by atoms with Crippen molar-refractivity contribution in [2.75, 3.05) is 5.32 Å². The average molecular weight is 653 g/mol. The summed E-state index contributed by atoms with van der Waals surface area (Å²) in [6.45, 7) is 4.89. The summed E-state index contributed by atoms with van der Waals surface area (Å²) in [5, 5.41) is 29.2. The van der Waals surface area contributed by atoms with E-state index < -0.39 is 17.3 Å². The summed E-state index contributed by atoms with van der Waals surface area (Å²) >= 11 is 0. The van der Waals surface area contributed by atoms with Crippen molar-refractivity contribution in [1.82, 2.24) is 39.8 Å². The number of halogens is 3. The van der Waals surface area contributed by atoms with E-state index in [0.717, 1.165) is 60.3 Å². The van der Waals surface area contributed by atoms with Crippen LogP contribution >= 0.6 is 0 Å². The van der Waals surface area contributed by atoms with Gasteiger partial charge in [-0.1, -0.05) is 6.07 Å². The van der Waals surface area contributed by atoms with Gasteiger partial charge in [0.15, 0.2) is 11.6 Å². The van der Waals surface area contributed by atoms with Gasteiger partial charge in [0.05, 0.1) is 41.2 Å². The lowest BCUT2D eigenvalue weighted by Gasteiger charge is -2.39. The molecule has 48 heavy (non-hydrogen) atoms. The Bertz CT molecular complexity index is 2030. The molecule has 10 nitrogen and oxygen atoms in total. The highest BCUT2D eigenvalue weighted by Gasteiger charge is 2.43. The predicted molar refractivity (Wildman–Crippen MR) is 175 cm³/mol. The van der Waals surface area contributed by atoms with Gasteiger partial charge in [-0.3, -0.25) is 4.98 Å². The Kier molecular flexibility index (Phi) is 7.78. The normalized spacial score (nSPS) is 16.3. The number of nitrogens with zero attached hydrogens (tertiary/aromatic N) is 8. The first kappa shape index (κ1) is 31.5. The monoisotopic (exact) mass is 652 g/mol. The number of hydrogen-bond acceptors (Lipinski definition) is 8. The van der Waals surface area contributed by atoms with Gasteiger partial charge in [0.1, 0.15) is 12.1 Å². The fourth-order valence-corrected chi connectivity index (χ4v) is 6.17. The molecule has 4 heterocycles. The Morgan fingerprint density at radius 1 is 1.00 bits per heavy atom. The van der Waals surface area contributed by atoms with Crippen LogP contribution in [0.1, 0.15) is 62.3 Å². The third kappa shape index (κ3) is 6.27. The predicted octanol–water partition coefficient (Wildman–Crippen LogP) is 7.01. The highest BCUT2D eigenvalue weighted by molar-refractivity contribution is 5.83. The van der Waals surface area contributed by atoms with Crippen molar-refractivity contribution >= 4 is 5.82 Å². The third-order valence-electron chi connectivity index (χ3n) is 9.49. The van der Waals surface area contributed by atoms with Gasteiger partial charge in [0.25, 0.3) is 0 Å². The standard InChI is InChI=1S/C35H35F3N10/c1-22-5-7-26(19-40-33(2)9-4-10-33)43-31(22)24-18-42-48(20-24)30-16-23(15-29(44-30)45-34(11-12-34)13-14-39)28-17-25(35(36,37)38)6-8-27(28)32-46-41-21-47(32)3/h5-8,15-18,20-21,40H,4,9-13,19H2,1-3H3,(H,44,45). The van der Waals surface area contributed by atoms with Crippen LogP contribution in [0.4, 0.5) is 19.0 Å². The topological polar surface area (TPSA) is 122 Å². The molecule has 0 radical (unpaired) electrons. The molecule has 2 fully saturated rings. The first-order valence-electron chi connectivity index (χ1n) is 15.9. The molecule has 0 unspecified atom stereocenters. The van der Waals surface area contributed by atoms with Crippen molar-refractivity contribution in [3.05, 3.63) is 78.0 Å². The first-order chi connectivity index (χ1) is 22.9. The van der Waals surface area contributed by atoms with Crippen molar-refractivity contribution in [3.63, 3.8) is 0 Å². The summed E-state index contributed by atoms with van der Waals surface area (Å²) in [6, 6.07) is 13.3. The van der Waals surface area contributed by atoms with Gasteiger partial charge in [-0.2, -0.15) is 23.5 Å². The second kappa shape index (κ2) is 11.9. The van der Waals surface area contributed by atoms with Crippen molar-refractivity contribution in [1.29, 1.82) is 5.26 Å². The highest BCUT2D eigenvalue weighted by Crippen LogP contribution is 2.43. The molecular weight excluding hydrogens is 617 g/mol. The number of pyridine rings is 2. The van der Waals surface area contributed by atoms with Crippen molar-refractivity contribution in [3.8, 4) is 45.7 Å². The minimum atomic E-state index is -4.56. The first-order valence-corrected chi connectivity index (χ1v) is 15.9. The minimum absolute atomic E-state index is 0.151. The van der Waals surface area contributed by atoms with Crippen LogP contribution in [0.5, 0.6) is 0 Å². The molecule has 0 spiro atoms. The Hall–Kier alpha value is -5.09. The van der Waals surface area contributed by atoms with E-state index in [9.17, 15) is 18.4 Å². The second-order valence-corrected chi connectivity index (χ2v) is 13.3. The van der Waals surface area contributed by atoms with Crippen LogP contribution in [0.15, 0.2) is 61.2 Å². The van der Waals surface area contributed by atoms with Crippen molar-refractivity contribution in [2.24, 2.45) is 7.05 Å². The van der Waals surface area contributed by atoms with Crippen LogP contribution in [0.2, 0.25) is 0 Å². The van der Waals surface area contributed by atoms with Crippen LogP contribution in [-0.4, -0.2) is 45.6 Å². The lowest BCUT2D eigenvalue weighted by atomic mass is 9.78. The molecule has 4 aromatic heterocycles. The number of nitrogens with one attached hydrogen (secondary N) is 2. The molecular formula is C35H35F3N10. The molecule has 7 rings (SSSR count). The maximum Gasteiger partial charge on any atom is 0.416 e. The Labute approximate surface area is 276 Å². The summed E-state index contributed by atoms with van der Waals surface area (Å²) < 4.78 is 45.3. The summed E-state index contributed by atoms with van der Waals surface area (Å²) in [5.74, 6) is 1.24. The molecule has 0 aliphatic heterocycles. The van der Waals surface area contributed by atoms with Gasteiger partial charge in [-0.25, -0.2) is 9.67 Å². The molecule has 2 N–H and O–H groups in total. The number of anilines is 1. The number of aromatic nitrogens is 7. The fourth-order valence-electron chi connectivity index (χ4n) is 6.17. The lowest BCUT2D eigenvalue weighted by molar-refractivity contribution is -0.137. The number of benzene rings is 1. The molecule has 0 saturated heterocycles. The molecule has 0 bridgehead atoms. The zero-order chi connectivity index (χ0) is 33.7. The van der Waals surface area contributed by atoms with Crippen LogP contribution in [0.25, 0.3) is 39.6 Å². The fraction of sp³-hybridized carbons (Fsp3) is 0.371. The van der Waals surface area contributed by atoms with Crippen molar-refractivity contribution < 1.29 is 13.2 Å². The van der Waals surface area contributed by atoms with E-state index in [1.54, 1.807) is 34.6 Å². The van der Waals surface area contributed by atoms with Crippen LogP contribution in [0.3, 0.4) is 0 Å². The number of nitriles is 1. The van der Waals surface area contributed by atoms with Crippen LogP contribution < -0.4 is 10.6 Å². The minimum Gasteiger partial charge on any atom is -0.364 e. The molecule has 5 aromatic rings. The number of alkyl halides is 3. The molecule has 2 aliphatic rings. The van der Waals surface area contributed by atoms with E-state index in [1.165, 1.54) is 18.8 Å². The lowest BCUT2D eigenvalue weighted by Crippen LogP contribution is -2.47. The van der Waals surface area contributed by atoms with Crippen molar-refractivity contribution in [2.45, 2.75) is 76.2 Å². The zero-order valence-corrected chi connectivity index (χ0v) is 26.9. The maximum atomic E-state index is 14.0. The van der Waals surface area contributed by atoms with Gasteiger partial charge in [-0.05, 0) is 99.0 Å². The molecule has 246 valence electrons.